The van der Waals surface area contributed by atoms with Crippen LogP contribution in [0.15, 0.2) is 0 Å². The van der Waals surface area contributed by atoms with E-state index in [4.69, 9.17) is 0 Å². The zero-order valence-corrected chi connectivity index (χ0v) is 14.8. The normalized spacial score (nSPS) is 23.1. The van der Waals surface area contributed by atoms with E-state index in [0.29, 0.717) is 18.4 Å². The number of amides is 2. The second-order valence-corrected chi connectivity index (χ2v) is 7.96. The Kier molecular flexibility index (Phi) is 7.57. The molecule has 1 fully saturated rings. The van der Waals surface area contributed by atoms with Crippen molar-refractivity contribution in [1.82, 2.24) is 10.2 Å². The summed E-state index contributed by atoms with van der Waals surface area (Å²) < 4.78 is 0. The van der Waals surface area contributed by atoms with E-state index in [9.17, 15) is 9.59 Å². The molecule has 122 valence electrons. The van der Waals surface area contributed by atoms with Crippen LogP contribution in [0.2, 0.25) is 0 Å². The first-order chi connectivity index (χ1) is 9.86. The molecule has 1 N–H and O–H groups in total. The van der Waals surface area contributed by atoms with Crippen molar-refractivity contribution < 1.29 is 9.59 Å². The monoisotopic (exact) mass is 314 g/mol. The van der Waals surface area contributed by atoms with Crippen LogP contribution in [0.3, 0.4) is 0 Å². The summed E-state index contributed by atoms with van der Waals surface area (Å²) in [6.07, 6.45) is 1.46. The summed E-state index contributed by atoms with van der Waals surface area (Å²) in [7, 11) is 0. The van der Waals surface area contributed by atoms with E-state index in [-0.39, 0.29) is 23.9 Å². The fraction of sp³-hybridized carbons (Fsp3) is 0.875. The topological polar surface area (TPSA) is 49.4 Å². The summed E-state index contributed by atoms with van der Waals surface area (Å²) in [5, 5.41) is 2.94. The van der Waals surface area contributed by atoms with Crippen molar-refractivity contribution in [3.8, 4) is 0 Å². The highest BCUT2D eigenvalue weighted by Crippen LogP contribution is 2.21. The molecule has 2 amide bonds. The van der Waals surface area contributed by atoms with Crippen molar-refractivity contribution in [3.63, 3.8) is 0 Å². The van der Waals surface area contributed by atoms with Gasteiger partial charge in [-0.05, 0) is 30.4 Å². The van der Waals surface area contributed by atoms with E-state index < -0.39 is 0 Å². The Bertz CT molecular complexity index is 358. The molecule has 1 saturated heterocycles. The number of piperazine rings is 1. The van der Waals surface area contributed by atoms with Gasteiger partial charge in [-0.15, -0.1) is 0 Å². The Balaban J connectivity index is 2.82. The third-order valence-corrected chi connectivity index (χ3v) is 4.54. The van der Waals surface area contributed by atoms with E-state index in [0.717, 1.165) is 24.3 Å². The molecule has 1 aliphatic heterocycles. The summed E-state index contributed by atoms with van der Waals surface area (Å²) in [6, 6.07) is -0.633. The third-order valence-electron chi connectivity index (χ3n) is 3.66. The summed E-state index contributed by atoms with van der Waals surface area (Å²) in [6.45, 7) is 11.1. The molecule has 21 heavy (non-hydrogen) atoms. The highest BCUT2D eigenvalue weighted by Gasteiger charge is 2.40. The molecule has 0 aromatic heterocycles. The molecule has 4 nitrogen and oxygen atoms in total. The van der Waals surface area contributed by atoms with Gasteiger partial charge in [0.15, 0.2) is 0 Å². The molecule has 2 unspecified atom stereocenters. The molecule has 1 rings (SSSR count). The minimum Gasteiger partial charge on any atom is -0.342 e. The van der Waals surface area contributed by atoms with Crippen LogP contribution in [-0.2, 0) is 9.59 Å². The van der Waals surface area contributed by atoms with E-state index in [1.165, 1.54) is 0 Å². The van der Waals surface area contributed by atoms with Gasteiger partial charge in [0.2, 0.25) is 11.8 Å². The number of nitrogens with one attached hydrogen (secondary N) is 1. The van der Waals surface area contributed by atoms with Gasteiger partial charge >= 0.3 is 0 Å². The molecular weight excluding hydrogens is 284 g/mol. The van der Waals surface area contributed by atoms with Gasteiger partial charge in [0, 0.05) is 12.3 Å². The molecule has 5 heteroatoms. The van der Waals surface area contributed by atoms with Gasteiger partial charge in [0.05, 0.1) is 0 Å². The lowest BCUT2D eigenvalue weighted by Crippen LogP contribution is -2.64. The Labute approximate surface area is 133 Å². The molecule has 0 spiro atoms. The first kappa shape index (κ1) is 18.3. The maximum absolute atomic E-state index is 12.7. The van der Waals surface area contributed by atoms with Crippen LogP contribution in [0.1, 0.15) is 47.5 Å². The zero-order valence-electron chi connectivity index (χ0n) is 14.0. The van der Waals surface area contributed by atoms with Crippen molar-refractivity contribution in [2.45, 2.75) is 59.5 Å². The van der Waals surface area contributed by atoms with Gasteiger partial charge < -0.3 is 10.2 Å². The van der Waals surface area contributed by atoms with Gasteiger partial charge in [0.25, 0.3) is 0 Å². The minimum atomic E-state index is -0.340. The van der Waals surface area contributed by atoms with E-state index in [1.807, 2.05) is 16.7 Å². The highest BCUT2D eigenvalue weighted by atomic mass is 32.2. The fourth-order valence-corrected chi connectivity index (χ4v) is 3.32. The summed E-state index contributed by atoms with van der Waals surface area (Å²) in [5.41, 5.74) is 0. The minimum absolute atomic E-state index is 0.0236. The van der Waals surface area contributed by atoms with Crippen molar-refractivity contribution in [2.24, 2.45) is 11.8 Å². The Hall–Kier alpha value is -0.710. The highest BCUT2D eigenvalue weighted by molar-refractivity contribution is 7.99. The Morgan fingerprint density at radius 1 is 1.14 bits per heavy atom. The first-order valence-corrected chi connectivity index (χ1v) is 9.20. The zero-order chi connectivity index (χ0) is 16.0. The second kappa shape index (κ2) is 8.66. The number of thioether (sulfide) groups is 1. The summed E-state index contributed by atoms with van der Waals surface area (Å²) in [4.78, 5) is 26.9. The van der Waals surface area contributed by atoms with E-state index >= 15 is 0 Å². The van der Waals surface area contributed by atoms with Gasteiger partial charge in [-0.25, -0.2) is 0 Å². The molecule has 0 saturated carbocycles. The fourth-order valence-electron chi connectivity index (χ4n) is 2.71. The second-order valence-electron chi connectivity index (χ2n) is 6.56. The number of hydrogen-bond donors (Lipinski definition) is 1. The predicted molar refractivity (Wildman–Crippen MR) is 89.3 cm³/mol. The molecule has 0 radical (unpaired) electrons. The van der Waals surface area contributed by atoms with Crippen LogP contribution in [-0.4, -0.2) is 46.8 Å². The van der Waals surface area contributed by atoms with Crippen LogP contribution in [0, 0.1) is 11.8 Å². The largest absolute Gasteiger partial charge is 0.342 e. The molecule has 0 aromatic rings. The lowest BCUT2D eigenvalue weighted by molar-refractivity contribution is -0.150. The number of nitrogens with zero attached hydrogens (tertiary/aromatic N) is 1. The smallest absolute Gasteiger partial charge is 0.245 e. The van der Waals surface area contributed by atoms with E-state index in [2.05, 4.69) is 39.9 Å². The average molecular weight is 314 g/mol. The molecule has 0 bridgehead atoms. The van der Waals surface area contributed by atoms with Gasteiger partial charge in [-0.2, -0.15) is 11.8 Å². The van der Waals surface area contributed by atoms with Crippen molar-refractivity contribution >= 4 is 23.6 Å². The number of hydrogen-bond acceptors (Lipinski definition) is 3. The van der Waals surface area contributed by atoms with Crippen molar-refractivity contribution in [2.75, 3.05) is 18.1 Å². The van der Waals surface area contributed by atoms with Crippen LogP contribution >= 0.6 is 11.8 Å². The number of rotatable bonds is 8. The van der Waals surface area contributed by atoms with E-state index in [1.54, 1.807) is 0 Å². The lowest BCUT2D eigenvalue weighted by Gasteiger charge is -2.40. The quantitative estimate of drug-likeness (QED) is 0.700. The molecule has 0 aliphatic carbocycles. The van der Waals surface area contributed by atoms with Gasteiger partial charge in [0.1, 0.15) is 12.1 Å². The Morgan fingerprint density at radius 2 is 1.76 bits per heavy atom. The van der Waals surface area contributed by atoms with Crippen molar-refractivity contribution in [3.05, 3.63) is 0 Å². The number of carbonyl (C=O) groups is 2. The first-order valence-electron chi connectivity index (χ1n) is 8.05. The predicted octanol–water partition coefficient (Wildman–Crippen LogP) is 2.53. The Morgan fingerprint density at radius 3 is 2.29 bits per heavy atom. The molecular formula is C16H30N2O2S. The third kappa shape index (κ3) is 5.53. The molecule has 1 aliphatic rings. The van der Waals surface area contributed by atoms with Crippen LogP contribution in [0.5, 0.6) is 0 Å². The molecule has 2 atom stereocenters. The van der Waals surface area contributed by atoms with Crippen LogP contribution < -0.4 is 5.32 Å². The summed E-state index contributed by atoms with van der Waals surface area (Å²) in [5.74, 6) is 2.86. The van der Waals surface area contributed by atoms with Gasteiger partial charge in [-0.3, -0.25) is 9.59 Å². The number of carbonyl (C=O) groups excluding carboxylic acids is 2. The standard InChI is InChI=1S/C16H30N2O2S/c1-6-21-8-7-18-14(10-12(4)5)15(19)17-13(16(18)20)9-11(2)3/h11-14H,6-10H2,1-5H3,(H,17,19). The van der Waals surface area contributed by atoms with Crippen LogP contribution in [0.25, 0.3) is 0 Å². The SMILES string of the molecule is CCSCCN1C(=O)C(CC(C)C)NC(=O)C1CC(C)C. The lowest BCUT2D eigenvalue weighted by atomic mass is 9.94. The van der Waals surface area contributed by atoms with Crippen LogP contribution in [0.4, 0.5) is 0 Å². The maximum atomic E-state index is 12.7. The van der Waals surface area contributed by atoms with Crippen molar-refractivity contribution in [1.29, 1.82) is 0 Å². The summed E-state index contributed by atoms with van der Waals surface area (Å²) >= 11 is 1.82. The maximum Gasteiger partial charge on any atom is 0.245 e. The molecule has 1 heterocycles. The average Bonchev–Trinajstić information content (AvgIpc) is 2.38. The van der Waals surface area contributed by atoms with Gasteiger partial charge in [-0.1, -0.05) is 34.6 Å². The molecule has 0 aromatic carbocycles.